The molecule has 114 valence electrons. The summed E-state index contributed by atoms with van der Waals surface area (Å²) in [6, 6.07) is 4.13. The number of likely N-dealkylation sites (N-methyl/N-ethyl adjacent to an activating group) is 1. The van der Waals surface area contributed by atoms with Crippen LogP contribution < -0.4 is 5.32 Å². The number of alkyl halides is 3. The summed E-state index contributed by atoms with van der Waals surface area (Å²) in [5.41, 5.74) is -0.855. The van der Waals surface area contributed by atoms with Gasteiger partial charge in [0, 0.05) is 12.6 Å². The van der Waals surface area contributed by atoms with Crippen molar-refractivity contribution in [3.63, 3.8) is 0 Å². The number of nitrogens with one attached hydrogen (secondary N) is 1. The Morgan fingerprint density at radius 1 is 1.48 bits per heavy atom. The van der Waals surface area contributed by atoms with E-state index in [1.54, 1.807) is 0 Å². The topological polar surface area (TPSA) is 52.0 Å². The number of aromatic nitrogens is 1. The van der Waals surface area contributed by atoms with E-state index in [2.05, 4.69) is 22.1 Å². The monoisotopic (exact) mass is 298 g/mol. The van der Waals surface area contributed by atoms with Crippen LogP contribution in [0.3, 0.4) is 0 Å². The van der Waals surface area contributed by atoms with E-state index < -0.39 is 11.9 Å². The Morgan fingerprint density at radius 3 is 2.86 bits per heavy atom. The zero-order chi connectivity index (χ0) is 15.5. The Morgan fingerprint density at radius 2 is 2.24 bits per heavy atom. The maximum Gasteiger partial charge on any atom is 0.433 e. The summed E-state index contributed by atoms with van der Waals surface area (Å²) >= 11 is 0. The molecule has 21 heavy (non-hydrogen) atoms. The third-order valence-corrected chi connectivity index (χ3v) is 3.72. The Bertz CT molecular complexity index is 536. The largest absolute Gasteiger partial charge is 0.433 e. The van der Waals surface area contributed by atoms with Gasteiger partial charge < -0.3 is 5.32 Å². The summed E-state index contributed by atoms with van der Waals surface area (Å²) < 4.78 is 38.0. The molecule has 0 radical (unpaired) electrons. The predicted molar refractivity (Wildman–Crippen MR) is 72.7 cm³/mol. The van der Waals surface area contributed by atoms with Crippen molar-refractivity contribution < 1.29 is 13.2 Å². The van der Waals surface area contributed by atoms with Gasteiger partial charge in [-0.15, -0.1) is 0 Å². The standard InChI is InChI=1S/C14H17F3N4/c1-2-21-7-3-4-11(21)9-19-13-10(8-18)5-6-12(20-13)14(15,16)17/h5-6,11H,2-4,7,9H2,1H3,(H,19,20). The van der Waals surface area contributed by atoms with Crippen LogP contribution in [0.4, 0.5) is 19.0 Å². The number of rotatable bonds is 4. The first-order valence-corrected chi connectivity index (χ1v) is 6.92. The number of halogens is 3. The van der Waals surface area contributed by atoms with Gasteiger partial charge >= 0.3 is 6.18 Å². The van der Waals surface area contributed by atoms with Crippen molar-refractivity contribution in [2.75, 3.05) is 25.0 Å². The van der Waals surface area contributed by atoms with Crippen LogP contribution in [0.15, 0.2) is 12.1 Å². The van der Waals surface area contributed by atoms with Crippen LogP contribution in [0, 0.1) is 11.3 Å². The van der Waals surface area contributed by atoms with Crippen molar-refractivity contribution >= 4 is 5.82 Å². The molecule has 7 heteroatoms. The van der Waals surface area contributed by atoms with Gasteiger partial charge in [-0.25, -0.2) is 4.98 Å². The van der Waals surface area contributed by atoms with Gasteiger partial charge in [-0.3, -0.25) is 4.90 Å². The average molecular weight is 298 g/mol. The minimum absolute atomic E-state index is 0.00952. The number of anilines is 1. The lowest BCUT2D eigenvalue weighted by atomic mass is 10.2. The van der Waals surface area contributed by atoms with Crippen LogP contribution in [-0.4, -0.2) is 35.6 Å². The molecule has 0 aromatic carbocycles. The quantitative estimate of drug-likeness (QED) is 0.928. The Kier molecular flexibility index (Phi) is 4.68. The minimum atomic E-state index is -4.51. The fourth-order valence-electron chi connectivity index (χ4n) is 2.60. The van der Waals surface area contributed by atoms with E-state index in [0.29, 0.717) is 6.54 Å². The molecule has 1 fully saturated rings. The highest BCUT2D eigenvalue weighted by atomic mass is 19.4. The highest BCUT2D eigenvalue weighted by Gasteiger charge is 2.33. The van der Waals surface area contributed by atoms with Crippen molar-refractivity contribution in [3.8, 4) is 6.07 Å². The zero-order valence-corrected chi connectivity index (χ0v) is 11.7. The highest BCUT2D eigenvalue weighted by molar-refractivity contribution is 5.52. The molecule has 1 N–H and O–H groups in total. The summed E-state index contributed by atoms with van der Waals surface area (Å²) in [6.45, 7) is 4.47. The number of pyridine rings is 1. The van der Waals surface area contributed by atoms with Crippen LogP contribution in [0.5, 0.6) is 0 Å². The molecular formula is C14H17F3N4. The molecule has 2 rings (SSSR count). The molecule has 0 spiro atoms. The molecule has 1 atom stereocenters. The lowest BCUT2D eigenvalue weighted by Crippen LogP contribution is -2.35. The molecule has 1 aliphatic rings. The molecule has 1 aliphatic heterocycles. The van der Waals surface area contributed by atoms with Gasteiger partial charge in [0.2, 0.25) is 0 Å². The lowest BCUT2D eigenvalue weighted by Gasteiger charge is -2.23. The lowest BCUT2D eigenvalue weighted by molar-refractivity contribution is -0.141. The van der Waals surface area contributed by atoms with Gasteiger partial charge in [0.25, 0.3) is 0 Å². The van der Waals surface area contributed by atoms with Crippen molar-refractivity contribution in [2.45, 2.75) is 32.0 Å². The second-order valence-corrected chi connectivity index (χ2v) is 5.01. The van der Waals surface area contributed by atoms with Gasteiger partial charge in [0.05, 0.1) is 5.56 Å². The van der Waals surface area contributed by atoms with Gasteiger partial charge in [-0.1, -0.05) is 6.92 Å². The molecular weight excluding hydrogens is 281 g/mol. The Labute approximate surface area is 121 Å². The second kappa shape index (κ2) is 6.31. The van der Waals surface area contributed by atoms with Gasteiger partial charge in [0.15, 0.2) is 0 Å². The van der Waals surface area contributed by atoms with Gasteiger partial charge in [-0.2, -0.15) is 18.4 Å². The van der Waals surface area contributed by atoms with Crippen LogP contribution in [0.1, 0.15) is 31.0 Å². The SMILES string of the molecule is CCN1CCCC1CNc1nc(C(F)(F)F)ccc1C#N. The van der Waals surface area contributed by atoms with Crippen molar-refractivity contribution in [3.05, 3.63) is 23.4 Å². The van der Waals surface area contributed by atoms with E-state index in [1.807, 2.05) is 6.07 Å². The van der Waals surface area contributed by atoms with E-state index in [9.17, 15) is 13.2 Å². The van der Waals surface area contributed by atoms with Gasteiger partial charge in [0.1, 0.15) is 17.6 Å². The average Bonchev–Trinajstić information content (AvgIpc) is 2.91. The Balaban J connectivity index is 2.13. The van der Waals surface area contributed by atoms with Crippen LogP contribution in [0.25, 0.3) is 0 Å². The maximum atomic E-state index is 12.7. The number of nitrogens with zero attached hydrogens (tertiary/aromatic N) is 3. The smallest absolute Gasteiger partial charge is 0.367 e. The van der Waals surface area contributed by atoms with E-state index >= 15 is 0 Å². The molecule has 0 amide bonds. The first kappa shape index (κ1) is 15.6. The number of hydrogen-bond donors (Lipinski definition) is 1. The first-order chi connectivity index (χ1) is 9.95. The predicted octanol–water partition coefficient (Wildman–Crippen LogP) is 2.87. The molecule has 4 nitrogen and oxygen atoms in total. The first-order valence-electron chi connectivity index (χ1n) is 6.92. The van der Waals surface area contributed by atoms with E-state index in [-0.39, 0.29) is 17.4 Å². The maximum absolute atomic E-state index is 12.7. The van der Waals surface area contributed by atoms with E-state index in [0.717, 1.165) is 38.1 Å². The zero-order valence-electron chi connectivity index (χ0n) is 11.7. The summed E-state index contributed by atoms with van der Waals surface area (Å²) in [5.74, 6) is 0.00952. The van der Waals surface area contributed by atoms with Crippen molar-refractivity contribution in [1.82, 2.24) is 9.88 Å². The highest BCUT2D eigenvalue weighted by Crippen LogP contribution is 2.29. The van der Waals surface area contributed by atoms with Crippen LogP contribution in [-0.2, 0) is 6.18 Å². The third-order valence-electron chi connectivity index (χ3n) is 3.72. The van der Waals surface area contributed by atoms with Gasteiger partial charge in [-0.05, 0) is 38.1 Å². The number of likely N-dealkylation sites (tertiary alicyclic amines) is 1. The molecule has 0 aliphatic carbocycles. The van der Waals surface area contributed by atoms with Crippen LogP contribution >= 0.6 is 0 Å². The fraction of sp³-hybridized carbons (Fsp3) is 0.571. The second-order valence-electron chi connectivity index (χ2n) is 5.01. The summed E-state index contributed by atoms with van der Waals surface area (Å²) in [7, 11) is 0. The Hall–Kier alpha value is -1.81. The van der Waals surface area contributed by atoms with Crippen LogP contribution in [0.2, 0.25) is 0 Å². The summed E-state index contributed by atoms with van der Waals surface area (Å²) in [5, 5.41) is 11.9. The number of nitriles is 1. The normalized spacial score (nSPS) is 19.5. The summed E-state index contributed by atoms with van der Waals surface area (Å²) in [6.07, 6.45) is -2.42. The summed E-state index contributed by atoms with van der Waals surface area (Å²) in [4.78, 5) is 5.82. The molecule has 0 bridgehead atoms. The molecule has 1 unspecified atom stereocenters. The fourth-order valence-corrected chi connectivity index (χ4v) is 2.60. The van der Waals surface area contributed by atoms with Crippen molar-refractivity contribution in [2.24, 2.45) is 0 Å². The van der Waals surface area contributed by atoms with E-state index in [4.69, 9.17) is 5.26 Å². The van der Waals surface area contributed by atoms with Crippen molar-refractivity contribution in [1.29, 1.82) is 5.26 Å². The third kappa shape index (κ3) is 3.64. The van der Waals surface area contributed by atoms with E-state index in [1.165, 1.54) is 0 Å². The minimum Gasteiger partial charge on any atom is -0.367 e. The molecule has 2 heterocycles. The molecule has 1 aromatic heterocycles. The molecule has 1 aromatic rings. The molecule has 1 saturated heterocycles. The number of hydrogen-bond acceptors (Lipinski definition) is 4. The molecule has 0 saturated carbocycles.